The van der Waals surface area contributed by atoms with Gasteiger partial charge >= 0.3 is 0 Å². The Morgan fingerprint density at radius 2 is 1.96 bits per heavy atom. The molecule has 0 unspecified atom stereocenters. The first-order chi connectivity index (χ1) is 12.7. The van der Waals surface area contributed by atoms with Crippen LogP contribution in [-0.2, 0) is 4.79 Å². The van der Waals surface area contributed by atoms with Gasteiger partial charge in [0, 0.05) is 43.7 Å². The molecule has 0 aromatic heterocycles. The van der Waals surface area contributed by atoms with Crippen LogP contribution in [0, 0.1) is 5.92 Å². The molecule has 1 heterocycles. The average Bonchev–Trinajstić information content (AvgIpc) is 3.10. The predicted molar refractivity (Wildman–Crippen MR) is 112 cm³/mol. The first-order valence-electron chi connectivity index (χ1n) is 9.11. The number of nitrogens with zero attached hydrogens (tertiary/aromatic N) is 1. The Morgan fingerprint density at radius 1 is 1.19 bits per heavy atom. The Labute approximate surface area is 167 Å². The van der Waals surface area contributed by atoms with Crippen molar-refractivity contribution in [2.45, 2.75) is 12.3 Å². The van der Waals surface area contributed by atoms with Crippen LogP contribution in [0.1, 0.15) is 17.9 Å². The fourth-order valence-electron chi connectivity index (χ4n) is 3.64. The lowest BCUT2D eigenvalue weighted by molar-refractivity contribution is -0.116. The molecule has 0 radical (unpaired) electrons. The second-order valence-electron chi connectivity index (χ2n) is 6.80. The minimum absolute atomic E-state index is 0. The third-order valence-corrected chi connectivity index (χ3v) is 5.06. The van der Waals surface area contributed by atoms with E-state index in [0.29, 0.717) is 24.8 Å². The van der Waals surface area contributed by atoms with Gasteiger partial charge in [0.25, 0.3) is 0 Å². The van der Waals surface area contributed by atoms with Crippen LogP contribution in [0.4, 0.5) is 5.69 Å². The summed E-state index contributed by atoms with van der Waals surface area (Å²) in [6, 6.07) is 18.0. The van der Waals surface area contributed by atoms with Gasteiger partial charge in [-0.2, -0.15) is 0 Å². The summed E-state index contributed by atoms with van der Waals surface area (Å²) >= 11 is 0. The Morgan fingerprint density at radius 3 is 2.67 bits per heavy atom. The highest BCUT2D eigenvalue weighted by molar-refractivity contribution is 5.91. The summed E-state index contributed by atoms with van der Waals surface area (Å²) in [4.78, 5) is 14.6. The molecule has 0 aliphatic carbocycles. The number of hydrogen-bond acceptors (Lipinski definition) is 4. The summed E-state index contributed by atoms with van der Waals surface area (Å²) in [5.74, 6) is 1.64. The molecule has 2 atom stereocenters. The zero-order chi connectivity index (χ0) is 18.4. The maximum Gasteiger partial charge on any atom is 0.225 e. The van der Waals surface area contributed by atoms with Crippen LogP contribution in [0.3, 0.4) is 0 Å². The summed E-state index contributed by atoms with van der Waals surface area (Å²) in [6.45, 7) is 3.32. The highest BCUT2D eigenvalue weighted by Crippen LogP contribution is 2.32. The third kappa shape index (κ3) is 5.70. The van der Waals surface area contributed by atoms with Crippen molar-refractivity contribution in [3.05, 3.63) is 60.2 Å². The monoisotopic (exact) mass is 389 g/mol. The summed E-state index contributed by atoms with van der Waals surface area (Å²) < 4.78 is 5.18. The molecular formula is C21H28ClN3O2. The van der Waals surface area contributed by atoms with Gasteiger partial charge in [0.05, 0.1) is 7.11 Å². The van der Waals surface area contributed by atoms with Gasteiger partial charge < -0.3 is 20.7 Å². The lowest BCUT2D eigenvalue weighted by atomic mass is 9.89. The van der Waals surface area contributed by atoms with Gasteiger partial charge in [0.15, 0.2) is 0 Å². The number of likely N-dealkylation sites (tertiary alicyclic amines) is 1. The van der Waals surface area contributed by atoms with Crippen LogP contribution < -0.4 is 15.8 Å². The molecule has 0 spiro atoms. The fourth-order valence-corrected chi connectivity index (χ4v) is 3.64. The third-order valence-electron chi connectivity index (χ3n) is 5.06. The molecule has 5 nitrogen and oxygen atoms in total. The van der Waals surface area contributed by atoms with Crippen molar-refractivity contribution in [2.24, 2.45) is 11.7 Å². The van der Waals surface area contributed by atoms with Crippen LogP contribution in [0.2, 0.25) is 0 Å². The predicted octanol–water partition coefficient (Wildman–Crippen LogP) is 3.12. The number of anilines is 1. The van der Waals surface area contributed by atoms with E-state index in [4.69, 9.17) is 10.5 Å². The van der Waals surface area contributed by atoms with Crippen molar-refractivity contribution >= 4 is 24.0 Å². The van der Waals surface area contributed by atoms with E-state index in [1.807, 2.05) is 30.3 Å². The molecule has 2 aromatic carbocycles. The molecule has 1 fully saturated rings. The van der Waals surface area contributed by atoms with Gasteiger partial charge in [-0.05, 0) is 30.2 Å². The maximum atomic E-state index is 12.3. The summed E-state index contributed by atoms with van der Waals surface area (Å²) in [6.07, 6.45) is 0.468. The number of benzene rings is 2. The molecule has 0 bridgehead atoms. The summed E-state index contributed by atoms with van der Waals surface area (Å²) in [7, 11) is 1.62. The number of ether oxygens (including phenoxy) is 1. The molecule has 27 heavy (non-hydrogen) atoms. The van der Waals surface area contributed by atoms with E-state index >= 15 is 0 Å². The Hall–Kier alpha value is -2.08. The van der Waals surface area contributed by atoms with Crippen LogP contribution >= 0.6 is 12.4 Å². The van der Waals surface area contributed by atoms with Crippen LogP contribution in [0.5, 0.6) is 5.75 Å². The van der Waals surface area contributed by atoms with Crippen LogP contribution in [0.15, 0.2) is 54.6 Å². The van der Waals surface area contributed by atoms with E-state index in [2.05, 4.69) is 34.5 Å². The molecule has 3 rings (SSSR count). The van der Waals surface area contributed by atoms with Crippen molar-refractivity contribution in [3.8, 4) is 5.75 Å². The second-order valence-corrected chi connectivity index (χ2v) is 6.80. The van der Waals surface area contributed by atoms with Gasteiger partial charge in [-0.15, -0.1) is 12.4 Å². The van der Waals surface area contributed by atoms with E-state index in [1.165, 1.54) is 5.56 Å². The molecule has 1 amide bonds. The zero-order valence-electron chi connectivity index (χ0n) is 15.6. The van der Waals surface area contributed by atoms with E-state index in [-0.39, 0.29) is 18.3 Å². The number of rotatable bonds is 7. The number of methoxy groups -OCH3 is 1. The number of carbonyl (C=O) groups excluding carboxylic acids is 1. The van der Waals surface area contributed by atoms with Gasteiger partial charge in [0.2, 0.25) is 5.91 Å². The van der Waals surface area contributed by atoms with E-state index in [1.54, 1.807) is 7.11 Å². The maximum absolute atomic E-state index is 12.3. The minimum atomic E-state index is 0. The SMILES string of the molecule is COc1cccc(NC(=O)CCN2C[C@@H](CN)[C@H](c3ccccc3)C2)c1.Cl. The van der Waals surface area contributed by atoms with Crippen molar-refractivity contribution < 1.29 is 9.53 Å². The highest BCUT2D eigenvalue weighted by Gasteiger charge is 2.32. The molecule has 0 saturated carbocycles. The zero-order valence-corrected chi connectivity index (χ0v) is 16.5. The number of amides is 1. The van der Waals surface area contributed by atoms with Gasteiger partial charge in [-0.1, -0.05) is 36.4 Å². The Kier molecular flexibility index (Phi) is 8.10. The van der Waals surface area contributed by atoms with Crippen molar-refractivity contribution in [2.75, 3.05) is 38.6 Å². The molecule has 6 heteroatoms. The lowest BCUT2D eigenvalue weighted by Gasteiger charge is -2.16. The second kappa shape index (κ2) is 10.3. The number of nitrogens with two attached hydrogens (primary N) is 1. The standard InChI is InChI=1S/C21H27N3O2.ClH/c1-26-19-9-5-8-18(12-19)23-21(25)10-11-24-14-17(13-22)20(15-24)16-6-3-2-4-7-16;/h2-9,12,17,20H,10-11,13-15,22H2,1H3,(H,23,25);1H/t17-,20+;/m1./s1. The van der Waals surface area contributed by atoms with Gasteiger partial charge in [0.1, 0.15) is 5.75 Å². The normalized spacial score (nSPS) is 19.3. The van der Waals surface area contributed by atoms with E-state index in [0.717, 1.165) is 31.1 Å². The number of carbonyl (C=O) groups is 1. The van der Waals surface area contributed by atoms with E-state index < -0.39 is 0 Å². The van der Waals surface area contributed by atoms with Crippen molar-refractivity contribution in [1.29, 1.82) is 0 Å². The van der Waals surface area contributed by atoms with Crippen molar-refractivity contribution in [1.82, 2.24) is 4.90 Å². The quantitative estimate of drug-likeness (QED) is 0.763. The Balaban J connectivity index is 0.00000261. The highest BCUT2D eigenvalue weighted by atomic mass is 35.5. The average molecular weight is 390 g/mol. The molecule has 1 aliphatic heterocycles. The fraction of sp³-hybridized carbons (Fsp3) is 0.381. The number of nitrogens with one attached hydrogen (secondary N) is 1. The molecular weight excluding hydrogens is 362 g/mol. The summed E-state index contributed by atoms with van der Waals surface area (Å²) in [5.41, 5.74) is 8.09. The van der Waals surface area contributed by atoms with E-state index in [9.17, 15) is 4.79 Å². The smallest absolute Gasteiger partial charge is 0.225 e. The van der Waals surface area contributed by atoms with Crippen LogP contribution in [0.25, 0.3) is 0 Å². The first-order valence-corrected chi connectivity index (χ1v) is 9.11. The number of hydrogen-bond donors (Lipinski definition) is 2. The van der Waals surface area contributed by atoms with Gasteiger partial charge in [-0.25, -0.2) is 0 Å². The molecule has 1 saturated heterocycles. The molecule has 146 valence electrons. The molecule has 2 aromatic rings. The Bertz CT molecular complexity index is 726. The van der Waals surface area contributed by atoms with Crippen molar-refractivity contribution in [3.63, 3.8) is 0 Å². The molecule has 1 aliphatic rings. The largest absolute Gasteiger partial charge is 0.497 e. The number of halogens is 1. The topological polar surface area (TPSA) is 67.6 Å². The van der Waals surface area contributed by atoms with Crippen LogP contribution in [-0.4, -0.2) is 44.1 Å². The molecule has 3 N–H and O–H groups in total. The first kappa shape index (κ1) is 21.2. The minimum Gasteiger partial charge on any atom is -0.497 e. The summed E-state index contributed by atoms with van der Waals surface area (Å²) in [5, 5.41) is 2.94. The lowest BCUT2D eigenvalue weighted by Crippen LogP contribution is -2.27. The van der Waals surface area contributed by atoms with Gasteiger partial charge in [-0.3, -0.25) is 4.79 Å².